The molecule has 0 aromatic heterocycles. The Morgan fingerprint density at radius 2 is 1.68 bits per heavy atom. The van der Waals surface area contributed by atoms with Crippen molar-refractivity contribution in [3.05, 3.63) is 69.3 Å². The largest absolute Gasteiger partial charge is 0.444 e. The Balaban J connectivity index is 2.01. The van der Waals surface area contributed by atoms with Gasteiger partial charge in [-0.05, 0) is 73.4 Å². The third-order valence-electron chi connectivity index (χ3n) is 3.98. The Morgan fingerprint density at radius 1 is 1.04 bits per heavy atom. The maximum absolute atomic E-state index is 12.8. The number of carbonyl (C=O) groups excluding carboxylic acids is 2. The van der Waals surface area contributed by atoms with Crippen LogP contribution < -0.4 is 10.6 Å². The first-order chi connectivity index (χ1) is 13.2. The number of carbonyl (C=O) groups is 2. The van der Waals surface area contributed by atoms with Gasteiger partial charge in [-0.25, -0.2) is 4.79 Å². The molecular weight excluding hydrogens is 467 g/mol. The number of alkyl carbamates (subject to hydrolysis) is 1. The van der Waals surface area contributed by atoms with Gasteiger partial charge in [0, 0.05) is 10.1 Å². The molecule has 0 aliphatic heterocycles. The highest BCUT2D eigenvalue weighted by atomic mass is 127. The van der Waals surface area contributed by atoms with E-state index in [9.17, 15) is 9.59 Å². The molecule has 2 amide bonds. The fourth-order valence-corrected chi connectivity index (χ4v) is 3.20. The lowest BCUT2D eigenvalue weighted by atomic mass is 10.0. The SMILES string of the molecule is CC(C)(C)OC(=O)NC(CCc1ccccc1)C(=O)NCc1ccccc1I. The fourth-order valence-electron chi connectivity index (χ4n) is 2.62. The number of hydrogen-bond donors (Lipinski definition) is 2. The summed E-state index contributed by atoms with van der Waals surface area (Å²) in [6, 6.07) is 17.1. The molecular formula is C22H27IN2O3. The van der Waals surface area contributed by atoms with Crippen LogP contribution in [0.4, 0.5) is 4.79 Å². The molecule has 1 unspecified atom stereocenters. The number of rotatable bonds is 7. The average Bonchev–Trinajstić information content (AvgIpc) is 2.63. The average molecular weight is 494 g/mol. The summed E-state index contributed by atoms with van der Waals surface area (Å²) in [4.78, 5) is 25.0. The summed E-state index contributed by atoms with van der Waals surface area (Å²) in [5.41, 5.74) is 1.53. The highest BCUT2D eigenvalue weighted by molar-refractivity contribution is 14.1. The summed E-state index contributed by atoms with van der Waals surface area (Å²) in [6.45, 7) is 5.80. The second-order valence-electron chi connectivity index (χ2n) is 7.53. The van der Waals surface area contributed by atoms with Crippen LogP contribution in [0.5, 0.6) is 0 Å². The van der Waals surface area contributed by atoms with Crippen molar-refractivity contribution < 1.29 is 14.3 Å². The predicted molar refractivity (Wildman–Crippen MR) is 119 cm³/mol. The third kappa shape index (κ3) is 7.88. The third-order valence-corrected chi connectivity index (χ3v) is 5.04. The lowest BCUT2D eigenvalue weighted by molar-refractivity contribution is -0.123. The second kappa shape index (κ2) is 10.5. The predicted octanol–water partition coefficient (Wildman–Crippen LogP) is 4.43. The van der Waals surface area contributed by atoms with Crippen molar-refractivity contribution in [1.29, 1.82) is 0 Å². The molecule has 150 valence electrons. The Hall–Kier alpha value is -2.09. The molecule has 5 nitrogen and oxygen atoms in total. The summed E-state index contributed by atoms with van der Waals surface area (Å²) < 4.78 is 6.41. The van der Waals surface area contributed by atoms with Crippen LogP contribution in [0.2, 0.25) is 0 Å². The number of amides is 2. The van der Waals surface area contributed by atoms with Crippen molar-refractivity contribution in [2.45, 2.75) is 51.8 Å². The lowest BCUT2D eigenvalue weighted by Crippen LogP contribution is -2.48. The van der Waals surface area contributed by atoms with E-state index in [1.165, 1.54) is 0 Å². The monoisotopic (exact) mass is 494 g/mol. The van der Waals surface area contributed by atoms with Crippen LogP contribution in [0, 0.1) is 3.57 Å². The first-order valence-corrected chi connectivity index (χ1v) is 10.4. The summed E-state index contributed by atoms with van der Waals surface area (Å²) >= 11 is 2.24. The molecule has 2 aromatic carbocycles. The summed E-state index contributed by atoms with van der Waals surface area (Å²) in [7, 11) is 0. The van der Waals surface area contributed by atoms with E-state index >= 15 is 0 Å². The summed E-state index contributed by atoms with van der Waals surface area (Å²) in [6.07, 6.45) is 0.577. The van der Waals surface area contributed by atoms with E-state index in [0.717, 1.165) is 14.7 Å². The van der Waals surface area contributed by atoms with E-state index in [-0.39, 0.29) is 5.91 Å². The Kier molecular flexibility index (Phi) is 8.29. The molecule has 2 aromatic rings. The molecule has 0 aliphatic rings. The minimum atomic E-state index is -0.670. The van der Waals surface area contributed by atoms with E-state index in [1.54, 1.807) is 20.8 Å². The van der Waals surface area contributed by atoms with Gasteiger partial charge >= 0.3 is 6.09 Å². The van der Waals surface area contributed by atoms with Crippen molar-refractivity contribution in [3.8, 4) is 0 Å². The number of hydrogen-bond acceptors (Lipinski definition) is 3. The Morgan fingerprint density at radius 3 is 2.32 bits per heavy atom. The van der Waals surface area contributed by atoms with Crippen LogP contribution in [-0.4, -0.2) is 23.6 Å². The molecule has 0 saturated heterocycles. The Labute approximate surface area is 180 Å². The van der Waals surface area contributed by atoms with Crippen LogP contribution in [0.1, 0.15) is 38.3 Å². The quantitative estimate of drug-likeness (QED) is 0.560. The molecule has 28 heavy (non-hydrogen) atoms. The van der Waals surface area contributed by atoms with Gasteiger partial charge in [-0.2, -0.15) is 0 Å². The van der Waals surface area contributed by atoms with E-state index in [0.29, 0.717) is 19.4 Å². The molecule has 0 fully saturated rings. The molecule has 0 heterocycles. The zero-order valence-corrected chi connectivity index (χ0v) is 18.7. The van der Waals surface area contributed by atoms with E-state index in [2.05, 4.69) is 33.2 Å². The van der Waals surface area contributed by atoms with Gasteiger partial charge in [0.15, 0.2) is 0 Å². The van der Waals surface area contributed by atoms with Crippen LogP contribution >= 0.6 is 22.6 Å². The van der Waals surface area contributed by atoms with Crippen molar-refractivity contribution in [3.63, 3.8) is 0 Å². The molecule has 2 rings (SSSR count). The maximum atomic E-state index is 12.8. The smallest absolute Gasteiger partial charge is 0.408 e. The summed E-state index contributed by atoms with van der Waals surface area (Å²) in [5, 5.41) is 5.65. The van der Waals surface area contributed by atoms with E-state index in [4.69, 9.17) is 4.74 Å². The molecule has 0 saturated carbocycles. The van der Waals surface area contributed by atoms with Gasteiger partial charge in [-0.1, -0.05) is 48.5 Å². The van der Waals surface area contributed by atoms with E-state index < -0.39 is 17.7 Å². The number of benzene rings is 2. The molecule has 0 aliphatic carbocycles. The number of ether oxygens (including phenoxy) is 1. The minimum Gasteiger partial charge on any atom is -0.444 e. The highest BCUT2D eigenvalue weighted by Gasteiger charge is 2.24. The van der Waals surface area contributed by atoms with Crippen LogP contribution in [-0.2, 0) is 22.5 Å². The minimum absolute atomic E-state index is 0.221. The number of halogens is 1. The van der Waals surface area contributed by atoms with Crippen LogP contribution in [0.15, 0.2) is 54.6 Å². The molecule has 6 heteroatoms. The summed E-state index contributed by atoms with van der Waals surface area (Å²) in [5.74, 6) is -0.221. The first kappa shape index (κ1) is 22.2. The normalized spacial score (nSPS) is 12.1. The first-order valence-electron chi connectivity index (χ1n) is 9.29. The highest BCUT2D eigenvalue weighted by Crippen LogP contribution is 2.12. The standard InChI is InChI=1S/C22H27IN2O3/c1-22(2,3)28-21(27)25-19(14-13-16-9-5-4-6-10-16)20(26)24-15-17-11-7-8-12-18(17)23/h4-12,19H,13-15H2,1-3H3,(H,24,26)(H,25,27). The lowest BCUT2D eigenvalue weighted by Gasteiger charge is -2.23. The van der Waals surface area contributed by atoms with Gasteiger partial charge in [-0.15, -0.1) is 0 Å². The zero-order valence-electron chi connectivity index (χ0n) is 16.5. The van der Waals surface area contributed by atoms with Gasteiger partial charge in [0.25, 0.3) is 0 Å². The molecule has 0 radical (unpaired) electrons. The van der Waals surface area contributed by atoms with Crippen LogP contribution in [0.3, 0.4) is 0 Å². The van der Waals surface area contributed by atoms with Gasteiger partial charge in [0.2, 0.25) is 5.91 Å². The fraction of sp³-hybridized carbons (Fsp3) is 0.364. The molecule has 0 spiro atoms. The van der Waals surface area contributed by atoms with Crippen molar-refractivity contribution in [1.82, 2.24) is 10.6 Å². The molecule has 0 bridgehead atoms. The van der Waals surface area contributed by atoms with E-state index in [1.807, 2.05) is 54.6 Å². The zero-order chi connectivity index (χ0) is 20.6. The Bertz CT molecular complexity index is 788. The van der Waals surface area contributed by atoms with Gasteiger partial charge < -0.3 is 15.4 Å². The van der Waals surface area contributed by atoms with Gasteiger partial charge in [0.1, 0.15) is 11.6 Å². The van der Waals surface area contributed by atoms with Crippen molar-refractivity contribution in [2.24, 2.45) is 0 Å². The van der Waals surface area contributed by atoms with Crippen LogP contribution in [0.25, 0.3) is 0 Å². The maximum Gasteiger partial charge on any atom is 0.408 e. The van der Waals surface area contributed by atoms with Gasteiger partial charge in [0.05, 0.1) is 0 Å². The number of nitrogens with one attached hydrogen (secondary N) is 2. The molecule has 1 atom stereocenters. The molecule has 2 N–H and O–H groups in total. The number of aryl methyl sites for hydroxylation is 1. The van der Waals surface area contributed by atoms with Crippen molar-refractivity contribution >= 4 is 34.6 Å². The topological polar surface area (TPSA) is 67.4 Å². The van der Waals surface area contributed by atoms with Crippen molar-refractivity contribution in [2.75, 3.05) is 0 Å². The van der Waals surface area contributed by atoms with Gasteiger partial charge in [-0.3, -0.25) is 4.79 Å². The second-order valence-corrected chi connectivity index (χ2v) is 8.69.